The molecular weight excluding hydrogens is 172 g/mol. The highest BCUT2D eigenvalue weighted by Crippen LogP contribution is 1.98. The Hall–Kier alpha value is 0.140. The average Bonchev–Trinajstić information content (AvgIpc) is 1.82. The second kappa shape index (κ2) is 5.89. The van der Waals surface area contributed by atoms with Gasteiger partial charge in [-0.25, -0.2) is 0 Å². The lowest BCUT2D eigenvalue weighted by atomic mass is 10.7. The fraction of sp³-hybridized carbons (Fsp3) is 0.667. The van der Waals surface area contributed by atoms with Crippen LogP contribution in [0.5, 0.6) is 0 Å². The Labute approximate surface area is 68.7 Å². The summed E-state index contributed by atoms with van der Waals surface area (Å²) >= 11 is 5.42. The molecule has 0 aromatic heterocycles. The Morgan fingerprint density at radius 2 is 2.40 bits per heavy atom. The van der Waals surface area contributed by atoms with E-state index in [0.29, 0.717) is 23.1 Å². The van der Waals surface area contributed by atoms with E-state index in [1.807, 2.05) is 0 Å². The van der Waals surface area contributed by atoms with Gasteiger partial charge in [0, 0.05) is 28.7 Å². The molecule has 0 bridgehead atoms. The Bertz CT molecular complexity index is 136. The van der Waals surface area contributed by atoms with E-state index in [4.69, 9.17) is 16.3 Å². The van der Waals surface area contributed by atoms with Gasteiger partial charge in [0.25, 0.3) is 0 Å². The molecule has 0 rings (SSSR count). The Morgan fingerprint density at radius 3 is 2.80 bits per heavy atom. The lowest BCUT2D eigenvalue weighted by Crippen LogP contribution is -2.07. The number of methoxy groups -OCH3 is 1. The van der Waals surface area contributed by atoms with E-state index in [0.717, 1.165) is 0 Å². The molecule has 1 atom stereocenters. The van der Waals surface area contributed by atoms with Crippen molar-refractivity contribution in [3.05, 3.63) is 11.6 Å². The predicted molar refractivity (Wildman–Crippen MR) is 44.7 cm³/mol. The summed E-state index contributed by atoms with van der Waals surface area (Å²) < 4.78 is 15.6. The van der Waals surface area contributed by atoms with Gasteiger partial charge < -0.3 is 4.74 Å². The lowest BCUT2D eigenvalue weighted by molar-refractivity contribution is 0.218. The molecule has 10 heavy (non-hydrogen) atoms. The van der Waals surface area contributed by atoms with Crippen LogP contribution in [0, 0.1) is 0 Å². The molecule has 1 unspecified atom stereocenters. The zero-order chi connectivity index (χ0) is 7.98. The van der Waals surface area contributed by atoms with E-state index in [2.05, 4.69) is 6.58 Å². The van der Waals surface area contributed by atoms with Gasteiger partial charge in [-0.05, 0) is 0 Å². The zero-order valence-corrected chi connectivity index (χ0v) is 7.50. The smallest absolute Gasteiger partial charge is 0.0588 e. The van der Waals surface area contributed by atoms with E-state index < -0.39 is 10.8 Å². The van der Waals surface area contributed by atoms with Gasteiger partial charge in [0.2, 0.25) is 0 Å². The van der Waals surface area contributed by atoms with E-state index in [1.54, 1.807) is 7.11 Å². The molecule has 0 saturated heterocycles. The van der Waals surface area contributed by atoms with Crippen LogP contribution in [0.3, 0.4) is 0 Å². The monoisotopic (exact) mass is 182 g/mol. The van der Waals surface area contributed by atoms with Gasteiger partial charge >= 0.3 is 0 Å². The van der Waals surface area contributed by atoms with Gasteiger partial charge in [-0.15, -0.1) is 0 Å². The summed E-state index contributed by atoms with van der Waals surface area (Å²) in [5.41, 5.74) is 0. The van der Waals surface area contributed by atoms with Gasteiger partial charge in [0.1, 0.15) is 0 Å². The van der Waals surface area contributed by atoms with Crippen molar-refractivity contribution in [1.82, 2.24) is 0 Å². The molecule has 2 nitrogen and oxygen atoms in total. The van der Waals surface area contributed by atoms with Gasteiger partial charge in [-0.2, -0.15) is 0 Å². The molecule has 60 valence electrons. The molecule has 0 saturated carbocycles. The van der Waals surface area contributed by atoms with Crippen LogP contribution >= 0.6 is 11.6 Å². The quantitative estimate of drug-likeness (QED) is 0.638. The third kappa shape index (κ3) is 6.26. The van der Waals surface area contributed by atoms with Crippen molar-refractivity contribution in [2.24, 2.45) is 0 Å². The van der Waals surface area contributed by atoms with Crippen molar-refractivity contribution in [3.63, 3.8) is 0 Å². The molecule has 0 fully saturated rings. The maximum Gasteiger partial charge on any atom is 0.0588 e. The van der Waals surface area contributed by atoms with Gasteiger partial charge in [0.15, 0.2) is 0 Å². The van der Waals surface area contributed by atoms with E-state index >= 15 is 0 Å². The van der Waals surface area contributed by atoms with E-state index in [9.17, 15) is 4.21 Å². The van der Waals surface area contributed by atoms with E-state index in [-0.39, 0.29) is 0 Å². The summed E-state index contributed by atoms with van der Waals surface area (Å²) in [5.74, 6) is 0.896. The van der Waals surface area contributed by atoms with Crippen molar-refractivity contribution in [1.29, 1.82) is 0 Å². The van der Waals surface area contributed by atoms with Gasteiger partial charge in [-0.1, -0.05) is 18.2 Å². The number of halogens is 1. The third-order valence-corrected chi connectivity index (χ3v) is 2.42. The van der Waals surface area contributed by atoms with Crippen molar-refractivity contribution >= 4 is 22.4 Å². The molecule has 0 radical (unpaired) electrons. The fourth-order valence-corrected chi connectivity index (χ4v) is 1.63. The third-order valence-electron chi connectivity index (χ3n) is 0.833. The Kier molecular flexibility index (Phi) is 5.97. The molecule has 4 heteroatoms. The van der Waals surface area contributed by atoms with Crippen molar-refractivity contribution < 1.29 is 8.95 Å². The topological polar surface area (TPSA) is 26.3 Å². The Morgan fingerprint density at radius 1 is 1.80 bits per heavy atom. The molecule has 0 aliphatic carbocycles. The van der Waals surface area contributed by atoms with Crippen LogP contribution < -0.4 is 0 Å². The maximum atomic E-state index is 10.9. The minimum Gasteiger partial charge on any atom is -0.384 e. The molecule has 0 aromatic carbocycles. The first-order valence-electron chi connectivity index (χ1n) is 2.84. The fourth-order valence-electron chi connectivity index (χ4n) is 0.423. The number of rotatable bonds is 5. The van der Waals surface area contributed by atoms with Crippen LogP contribution in [0.4, 0.5) is 0 Å². The summed E-state index contributed by atoms with van der Waals surface area (Å²) in [6.07, 6.45) is 0. The number of hydrogen-bond donors (Lipinski definition) is 0. The van der Waals surface area contributed by atoms with Crippen LogP contribution in [-0.4, -0.2) is 29.4 Å². The summed E-state index contributed by atoms with van der Waals surface area (Å²) in [6.45, 7) is 3.95. The number of hydrogen-bond acceptors (Lipinski definition) is 2. The van der Waals surface area contributed by atoms with Crippen LogP contribution in [-0.2, 0) is 15.5 Å². The van der Waals surface area contributed by atoms with Crippen molar-refractivity contribution in [2.75, 3.05) is 25.2 Å². The normalized spacial score (nSPS) is 13.0. The second-order valence-electron chi connectivity index (χ2n) is 1.80. The molecule has 0 aliphatic rings. The highest BCUT2D eigenvalue weighted by atomic mass is 35.5. The first-order chi connectivity index (χ1) is 4.66. The minimum absolute atomic E-state index is 0.366. The first kappa shape index (κ1) is 10.1. The van der Waals surface area contributed by atoms with Crippen LogP contribution in [0.2, 0.25) is 0 Å². The van der Waals surface area contributed by atoms with Crippen molar-refractivity contribution in [3.8, 4) is 0 Å². The molecule has 0 N–H and O–H groups in total. The molecule has 0 spiro atoms. The molecule has 0 heterocycles. The lowest BCUT2D eigenvalue weighted by Gasteiger charge is -1.97. The Balaban J connectivity index is 3.35. The average molecular weight is 183 g/mol. The second-order valence-corrected chi connectivity index (χ2v) is 3.91. The summed E-state index contributed by atoms with van der Waals surface area (Å²) in [7, 11) is 0.670. The molecule has 0 aromatic rings. The number of ether oxygens (including phenoxy) is 1. The first-order valence-corrected chi connectivity index (χ1v) is 4.70. The maximum absolute atomic E-state index is 10.9. The van der Waals surface area contributed by atoms with Crippen molar-refractivity contribution in [2.45, 2.75) is 0 Å². The standard InChI is InChI=1S/C6H11ClO2S/c1-6(7)5-10(8)4-3-9-2/h1,3-5H2,2H3. The van der Waals surface area contributed by atoms with Crippen LogP contribution in [0.1, 0.15) is 0 Å². The summed E-state index contributed by atoms with van der Waals surface area (Å²) in [5, 5.41) is 0.439. The SMILES string of the molecule is C=C(Cl)CS(=O)CCOC. The zero-order valence-electron chi connectivity index (χ0n) is 5.93. The molecule has 0 amide bonds. The van der Waals surface area contributed by atoms with Crippen LogP contribution in [0.25, 0.3) is 0 Å². The minimum atomic E-state index is -0.906. The van der Waals surface area contributed by atoms with Gasteiger partial charge in [-0.3, -0.25) is 4.21 Å². The van der Waals surface area contributed by atoms with Gasteiger partial charge in [0.05, 0.1) is 12.4 Å². The largest absolute Gasteiger partial charge is 0.384 e. The van der Waals surface area contributed by atoms with E-state index in [1.165, 1.54) is 0 Å². The summed E-state index contributed by atoms with van der Waals surface area (Å²) in [4.78, 5) is 0. The highest BCUT2D eigenvalue weighted by molar-refractivity contribution is 7.85. The predicted octanol–water partition coefficient (Wildman–Crippen LogP) is 1.13. The summed E-state index contributed by atoms with van der Waals surface area (Å²) in [6, 6.07) is 0. The van der Waals surface area contributed by atoms with Crippen LogP contribution in [0.15, 0.2) is 11.6 Å². The molecule has 0 aliphatic heterocycles. The highest BCUT2D eigenvalue weighted by Gasteiger charge is 1.99. The molecular formula is C6H11ClO2S.